The highest BCUT2D eigenvalue weighted by Crippen LogP contribution is 2.31. The number of benzene rings is 1. The fourth-order valence-electron chi connectivity index (χ4n) is 2.62. The highest BCUT2D eigenvalue weighted by molar-refractivity contribution is 5.38. The van der Waals surface area contributed by atoms with Crippen LogP contribution < -0.4 is 4.74 Å². The van der Waals surface area contributed by atoms with Gasteiger partial charge in [-0.15, -0.1) is 0 Å². The van der Waals surface area contributed by atoms with Crippen molar-refractivity contribution in [1.29, 1.82) is 0 Å². The summed E-state index contributed by atoms with van der Waals surface area (Å²) in [5, 5.41) is 9.79. The standard InChI is InChI=1S/C16H24O2/c1-11-4-7-14(8-5-11)18-16-10-12(2)6-9-15(16)13(3)17/h6,9-11,13-14,17H,4-5,7-8H2,1-3H3. The largest absolute Gasteiger partial charge is 0.490 e. The highest BCUT2D eigenvalue weighted by Gasteiger charge is 2.21. The van der Waals surface area contributed by atoms with Gasteiger partial charge < -0.3 is 9.84 Å². The van der Waals surface area contributed by atoms with Crippen LogP contribution in [0.1, 0.15) is 56.8 Å². The first-order chi connectivity index (χ1) is 8.56. The van der Waals surface area contributed by atoms with Gasteiger partial charge in [0.2, 0.25) is 0 Å². The van der Waals surface area contributed by atoms with Crippen molar-refractivity contribution in [3.63, 3.8) is 0 Å². The van der Waals surface area contributed by atoms with Gasteiger partial charge in [0.25, 0.3) is 0 Å². The third-order valence-corrected chi connectivity index (χ3v) is 3.88. The Labute approximate surface area is 110 Å². The molecule has 0 heterocycles. The first-order valence-electron chi connectivity index (χ1n) is 7.01. The van der Waals surface area contributed by atoms with E-state index in [2.05, 4.69) is 13.8 Å². The van der Waals surface area contributed by atoms with Gasteiger partial charge in [-0.3, -0.25) is 0 Å². The lowest BCUT2D eigenvalue weighted by atomic mass is 9.89. The molecule has 1 saturated carbocycles. The Morgan fingerprint density at radius 2 is 1.89 bits per heavy atom. The maximum Gasteiger partial charge on any atom is 0.125 e. The summed E-state index contributed by atoms with van der Waals surface area (Å²) in [6.07, 6.45) is 4.62. The van der Waals surface area contributed by atoms with E-state index in [1.807, 2.05) is 18.2 Å². The van der Waals surface area contributed by atoms with Crippen molar-refractivity contribution in [2.24, 2.45) is 5.92 Å². The van der Waals surface area contributed by atoms with E-state index < -0.39 is 6.10 Å². The molecule has 0 saturated heterocycles. The van der Waals surface area contributed by atoms with Crippen molar-refractivity contribution in [1.82, 2.24) is 0 Å². The van der Waals surface area contributed by atoms with Gasteiger partial charge in [-0.05, 0) is 57.1 Å². The zero-order valence-electron chi connectivity index (χ0n) is 11.6. The molecule has 1 fully saturated rings. The van der Waals surface area contributed by atoms with Gasteiger partial charge >= 0.3 is 0 Å². The Balaban J connectivity index is 2.10. The monoisotopic (exact) mass is 248 g/mol. The van der Waals surface area contributed by atoms with E-state index in [4.69, 9.17) is 4.74 Å². The number of hydrogen-bond acceptors (Lipinski definition) is 2. The topological polar surface area (TPSA) is 29.5 Å². The summed E-state index contributed by atoms with van der Waals surface area (Å²) in [7, 11) is 0. The van der Waals surface area contributed by atoms with E-state index in [1.54, 1.807) is 6.92 Å². The van der Waals surface area contributed by atoms with Gasteiger partial charge in [-0.1, -0.05) is 19.1 Å². The molecule has 2 rings (SSSR count). The van der Waals surface area contributed by atoms with E-state index in [0.29, 0.717) is 6.10 Å². The molecule has 1 aliphatic rings. The van der Waals surface area contributed by atoms with Crippen LogP contribution in [0.3, 0.4) is 0 Å². The average Bonchev–Trinajstić information content (AvgIpc) is 2.32. The first-order valence-corrected chi connectivity index (χ1v) is 7.01. The van der Waals surface area contributed by atoms with Crippen molar-refractivity contribution < 1.29 is 9.84 Å². The molecule has 1 aromatic rings. The molecular formula is C16H24O2. The second kappa shape index (κ2) is 5.75. The molecule has 2 nitrogen and oxygen atoms in total. The second-order valence-corrected chi connectivity index (χ2v) is 5.72. The van der Waals surface area contributed by atoms with E-state index in [0.717, 1.165) is 30.1 Å². The van der Waals surface area contributed by atoms with E-state index >= 15 is 0 Å². The Kier molecular flexibility index (Phi) is 4.28. The summed E-state index contributed by atoms with van der Waals surface area (Å²) in [5.41, 5.74) is 2.08. The summed E-state index contributed by atoms with van der Waals surface area (Å²) in [5.74, 6) is 1.70. The third-order valence-electron chi connectivity index (χ3n) is 3.88. The normalized spacial score (nSPS) is 25.8. The van der Waals surface area contributed by atoms with Crippen molar-refractivity contribution in [3.8, 4) is 5.75 Å². The molecule has 0 spiro atoms. The van der Waals surface area contributed by atoms with Crippen LogP contribution in [0.25, 0.3) is 0 Å². The lowest BCUT2D eigenvalue weighted by Gasteiger charge is -2.28. The fraction of sp³-hybridized carbons (Fsp3) is 0.625. The van der Waals surface area contributed by atoms with Crippen LogP contribution in [0.5, 0.6) is 5.75 Å². The SMILES string of the molecule is Cc1ccc(C(C)O)c(OC2CCC(C)CC2)c1. The molecular weight excluding hydrogens is 224 g/mol. The highest BCUT2D eigenvalue weighted by atomic mass is 16.5. The van der Waals surface area contributed by atoms with Gasteiger partial charge in [-0.25, -0.2) is 0 Å². The fourth-order valence-corrected chi connectivity index (χ4v) is 2.62. The van der Waals surface area contributed by atoms with Crippen molar-refractivity contribution >= 4 is 0 Å². The number of hydrogen-bond donors (Lipinski definition) is 1. The van der Waals surface area contributed by atoms with Gasteiger partial charge in [0, 0.05) is 5.56 Å². The van der Waals surface area contributed by atoms with Crippen LogP contribution in [0, 0.1) is 12.8 Å². The molecule has 2 heteroatoms. The lowest BCUT2D eigenvalue weighted by Crippen LogP contribution is -2.23. The quantitative estimate of drug-likeness (QED) is 0.876. The molecule has 1 atom stereocenters. The summed E-state index contributed by atoms with van der Waals surface area (Å²) in [6, 6.07) is 6.04. The molecule has 100 valence electrons. The summed E-state index contributed by atoms with van der Waals surface area (Å²) in [4.78, 5) is 0. The predicted molar refractivity (Wildman–Crippen MR) is 73.9 cm³/mol. The molecule has 0 amide bonds. The Hall–Kier alpha value is -1.02. The van der Waals surface area contributed by atoms with Gasteiger partial charge in [0.15, 0.2) is 0 Å². The number of aliphatic hydroxyl groups excluding tert-OH is 1. The van der Waals surface area contributed by atoms with Gasteiger partial charge in [0.1, 0.15) is 5.75 Å². The minimum atomic E-state index is -0.469. The van der Waals surface area contributed by atoms with Crippen LogP contribution in [-0.2, 0) is 0 Å². The van der Waals surface area contributed by atoms with Crippen LogP contribution in [-0.4, -0.2) is 11.2 Å². The van der Waals surface area contributed by atoms with Crippen LogP contribution in [0.15, 0.2) is 18.2 Å². The first kappa shape index (κ1) is 13.4. The Morgan fingerprint density at radius 3 is 2.50 bits per heavy atom. The number of rotatable bonds is 3. The maximum absolute atomic E-state index is 9.79. The van der Waals surface area contributed by atoms with E-state index in [1.165, 1.54) is 18.4 Å². The predicted octanol–water partition coefficient (Wildman–Crippen LogP) is 4.01. The molecule has 18 heavy (non-hydrogen) atoms. The van der Waals surface area contributed by atoms with Crippen LogP contribution in [0.4, 0.5) is 0 Å². The third kappa shape index (κ3) is 3.26. The van der Waals surface area contributed by atoms with Crippen molar-refractivity contribution in [3.05, 3.63) is 29.3 Å². The molecule has 0 aliphatic heterocycles. The minimum absolute atomic E-state index is 0.320. The molecule has 1 N–H and O–H groups in total. The molecule has 1 aromatic carbocycles. The van der Waals surface area contributed by atoms with Gasteiger partial charge in [0.05, 0.1) is 12.2 Å². The van der Waals surface area contributed by atoms with Crippen LogP contribution >= 0.6 is 0 Å². The molecule has 0 radical (unpaired) electrons. The number of ether oxygens (including phenoxy) is 1. The maximum atomic E-state index is 9.79. The van der Waals surface area contributed by atoms with Crippen molar-refractivity contribution in [2.75, 3.05) is 0 Å². The lowest BCUT2D eigenvalue weighted by molar-refractivity contribution is 0.126. The smallest absolute Gasteiger partial charge is 0.125 e. The summed E-state index contributed by atoms with van der Waals surface area (Å²) in [6.45, 7) is 6.16. The zero-order valence-corrected chi connectivity index (χ0v) is 11.6. The van der Waals surface area contributed by atoms with Crippen LogP contribution in [0.2, 0.25) is 0 Å². The second-order valence-electron chi connectivity index (χ2n) is 5.72. The molecule has 1 unspecified atom stereocenters. The minimum Gasteiger partial charge on any atom is -0.490 e. The zero-order chi connectivity index (χ0) is 13.1. The molecule has 0 aromatic heterocycles. The average molecular weight is 248 g/mol. The number of aliphatic hydroxyl groups is 1. The number of aryl methyl sites for hydroxylation is 1. The Bertz CT molecular complexity index is 390. The van der Waals surface area contributed by atoms with Crippen molar-refractivity contribution in [2.45, 2.75) is 58.7 Å². The summed E-state index contributed by atoms with van der Waals surface area (Å²) < 4.78 is 6.12. The molecule has 0 bridgehead atoms. The van der Waals surface area contributed by atoms with E-state index in [-0.39, 0.29) is 0 Å². The van der Waals surface area contributed by atoms with Gasteiger partial charge in [-0.2, -0.15) is 0 Å². The van der Waals surface area contributed by atoms with E-state index in [9.17, 15) is 5.11 Å². The molecule has 1 aliphatic carbocycles. The Morgan fingerprint density at radius 1 is 1.22 bits per heavy atom. The summed E-state index contributed by atoms with van der Waals surface area (Å²) >= 11 is 0.